The molecule has 1 N–H and O–H groups in total. The molecule has 2 aliphatic rings. The maximum atomic E-state index is 11.1. The minimum absolute atomic E-state index is 0.0580. The Morgan fingerprint density at radius 3 is 2.50 bits per heavy atom. The summed E-state index contributed by atoms with van der Waals surface area (Å²) < 4.78 is 0. The number of nitro groups is 2. The summed E-state index contributed by atoms with van der Waals surface area (Å²) in [5.41, 5.74) is 6.87. The molecule has 4 rings (SSSR count). The number of hydrogen-bond donors (Lipinski definition) is 1. The van der Waals surface area contributed by atoms with Gasteiger partial charge in [-0.05, 0) is 42.0 Å². The first kappa shape index (κ1) is 17.8. The molecule has 1 aliphatic carbocycles. The van der Waals surface area contributed by atoms with Crippen molar-refractivity contribution >= 4 is 23.2 Å². The summed E-state index contributed by atoms with van der Waals surface area (Å²) in [6.07, 6.45) is 4.71. The average molecular weight is 378 g/mol. The predicted octanol–water partition coefficient (Wildman–Crippen LogP) is 4.39. The van der Waals surface area contributed by atoms with Gasteiger partial charge in [-0.2, -0.15) is 5.10 Å². The molecule has 2 aromatic carbocycles. The molecule has 28 heavy (non-hydrogen) atoms. The molecule has 2 atom stereocenters. The first-order chi connectivity index (χ1) is 13.5. The van der Waals surface area contributed by atoms with Crippen molar-refractivity contribution in [1.82, 2.24) is 5.43 Å². The molecule has 1 saturated carbocycles. The van der Waals surface area contributed by atoms with Gasteiger partial charge in [-0.3, -0.25) is 20.2 Å². The predicted molar refractivity (Wildman–Crippen MR) is 105 cm³/mol. The molecule has 2 aromatic rings. The molecule has 0 radical (unpaired) electrons. The zero-order valence-corrected chi connectivity index (χ0v) is 14.9. The lowest BCUT2D eigenvalue weighted by Crippen LogP contribution is -2.25. The lowest BCUT2D eigenvalue weighted by atomic mass is 9.78. The van der Waals surface area contributed by atoms with Crippen molar-refractivity contribution in [3.63, 3.8) is 0 Å². The van der Waals surface area contributed by atoms with Crippen molar-refractivity contribution in [1.29, 1.82) is 0 Å². The number of benzene rings is 2. The van der Waals surface area contributed by atoms with E-state index in [4.69, 9.17) is 0 Å². The van der Waals surface area contributed by atoms with Gasteiger partial charge in [0.15, 0.2) is 0 Å². The normalized spacial score (nSPS) is 22.3. The van der Waals surface area contributed by atoms with E-state index in [0.717, 1.165) is 41.7 Å². The van der Waals surface area contributed by atoms with E-state index >= 15 is 0 Å². The Kier molecular flexibility index (Phi) is 4.60. The molecule has 8 nitrogen and oxygen atoms in total. The maximum Gasteiger partial charge on any atom is 0.270 e. The average Bonchev–Trinajstić information content (AvgIpc) is 3.13. The summed E-state index contributed by atoms with van der Waals surface area (Å²) in [6, 6.07) is 13.1. The minimum atomic E-state index is -0.404. The Balaban J connectivity index is 1.62. The van der Waals surface area contributed by atoms with Crippen LogP contribution in [0.2, 0.25) is 0 Å². The number of fused-ring (bicyclic) bond motifs is 1. The highest BCUT2D eigenvalue weighted by molar-refractivity contribution is 6.07. The largest absolute Gasteiger partial charge is 0.302 e. The van der Waals surface area contributed by atoms with Gasteiger partial charge in [0.2, 0.25) is 0 Å². The summed E-state index contributed by atoms with van der Waals surface area (Å²) in [7, 11) is 0. The van der Waals surface area contributed by atoms with Crippen LogP contribution in [0.1, 0.15) is 36.4 Å². The van der Waals surface area contributed by atoms with E-state index < -0.39 is 9.85 Å². The van der Waals surface area contributed by atoms with Gasteiger partial charge in [0.1, 0.15) is 0 Å². The van der Waals surface area contributed by atoms with E-state index in [-0.39, 0.29) is 23.3 Å². The number of hydrazone groups is 1. The van der Waals surface area contributed by atoms with Gasteiger partial charge >= 0.3 is 0 Å². The summed E-state index contributed by atoms with van der Waals surface area (Å²) >= 11 is 0. The van der Waals surface area contributed by atoms with Crippen molar-refractivity contribution in [2.75, 3.05) is 0 Å². The van der Waals surface area contributed by atoms with Crippen LogP contribution in [0.3, 0.4) is 0 Å². The smallest absolute Gasteiger partial charge is 0.270 e. The number of allylic oxidation sites excluding steroid dienone is 1. The van der Waals surface area contributed by atoms with Crippen molar-refractivity contribution in [3.05, 3.63) is 85.5 Å². The number of nitro benzene ring substituents is 2. The van der Waals surface area contributed by atoms with Crippen LogP contribution in [0.25, 0.3) is 6.08 Å². The number of nitrogens with zero attached hydrogens (tertiary/aromatic N) is 3. The second-order valence-corrected chi connectivity index (χ2v) is 6.98. The first-order valence-corrected chi connectivity index (χ1v) is 9.06. The van der Waals surface area contributed by atoms with Gasteiger partial charge in [0, 0.05) is 30.2 Å². The van der Waals surface area contributed by atoms with Crippen molar-refractivity contribution in [2.24, 2.45) is 11.0 Å². The summed E-state index contributed by atoms with van der Waals surface area (Å²) in [5, 5.41) is 26.6. The molecule has 1 heterocycles. The Morgan fingerprint density at radius 1 is 1.04 bits per heavy atom. The lowest BCUT2D eigenvalue weighted by molar-refractivity contribution is -0.385. The highest BCUT2D eigenvalue weighted by atomic mass is 16.6. The number of nitrogens with one attached hydrogen (secondary N) is 1. The lowest BCUT2D eigenvalue weighted by Gasteiger charge is -2.26. The summed E-state index contributed by atoms with van der Waals surface area (Å²) in [6.45, 7) is 0. The fourth-order valence-electron chi connectivity index (χ4n) is 3.94. The number of rotatable bonds is 4. The number of non-ortho nitro benzene ring substituents is 2. The second kappa shape index (κ2) is 7.22. The molecule has 1 fully saturated rings. The quantitative estimate of drug-likeness (QED) is 0.627. The Hall–Kier alpha value is -3.55. The van der Waals surface area contributed by atoms with E-state index in [0.29, 0.717) is 0 Å². The van der Waals surface area contributed by atoms with Gasteiger partial charge in [-0.25, -0.2) is 0 Å². The second-order valence-electron chi connectivity index (χ2n) is 6.98. The van der Waals surface area contributed by atoms with Crippen molar-refractivity contribution < 1.29 is 9.85 Å². The van der Waals surface area contributed by atoms with Crippen LogP contribution in [0.4, 0.5) is 11.4 Å². The van der Waals surface area contributed by atoms with Crippen LogP contribution in [-0.2, 0) is 0 Å². The molecule has 0 saturated heterocycles. The summed E-state index contributed by atoms with van der Waals surface area (Å²) in [4.78, 5) is 21.3. The third-order valence-electron chi connectivity index (χ3n) is 5.23. The van der Waals surface area contributed by atoms with Crippen LogP contribution in [0.5, 0.6) is 0 Å². The van der Waals surface area contributed by atoms with E-state index in [1.807, 2.05) is 18.2 Å². The van der Waals surface area contributed by atoms with Gasteiger partial charge < -0.3 is 5.43 Å². The van der Waals surface area contributed by atoms with Gasteiger partial charge in [0.25, 0.3) is 11.4 Å². The van der Waals surface area contributed by atoms with E-state index in [1.54, 1.807) is 24.3 Å². The monoisotopic (exact) mass is 378 g/mol. The molecule has 8 heteroatoms. The molecule has 1 aliphatic heterocycles. The van der Waals surface area contributed by atoms with Crippen LogP contribution in [-0.4, -0.2) is 15.6 Å². The molecule has 0 unspecified atom stereocenters. The third-order valence-corrected chi connectivity index (χ3v) is 5.23. The molecule has 142 valence electrons. The Labute approximate surface area is 160 Å². The highest BCUT2D eigenvalue weighted by Gasteiger charge is 2.37. The van der Waals surface area contributed by atoms with Crippen LogP contribution >= 0.6 is 0 Å². The van der Waals surface area contributed by atoms with Crippen LogP contribution in [0.15, 0.2) is 59.2 Å². The highest BCUT2D eigenvalue weighted by Crippen LogP contribution is 2.40. The zero-order valence-electron chi connectivity index (χ0n) is 14.9. The van der Waals surface area contributed by atoms with E-state index in [2.05, 4.69) is 10.5 Å². The van der Waals surface area contributed by atoms with Crippen LogP contribution < -0.4 is 5.43 Å². The third kappa shape index (κ3) is 3.36. The molecule has 0 amide bonds. The standard InChI is InChI=1S/C20H18N4O4/c25-23(26)16-7-1-4-13(11-16)10-14-6-3-9-18-19(14)21-22-20(18)15-5-2-8-17(12-15)24(27)28/h1-2,4-5,7-8,10-12,18,20,22H,3,6,9H2/b14-10+/t18-,20-/m1/s1. The zero-order chi connectivity index (χ0) is 19.7. The van der Waals surface area contributed by atoms with Crippen LogP contribution in [0, 0.1) is 26.1 Å². The summed E-state index contributed by atoms with van der Waals surface area (Å²) in [5.74, 6) is 0.126. The fourth-order valence-corrected chi connectivity index (χ4v) is 3.94. The maximum absolute atomic E-state index is 11.1. The van der Waals surface area contributed by atoms with Crippen molar-refractivity contribution in [3.8, 4) is 0 Å². The topological polar surface area (TPSA) is 111 Å². The van der Waals surface area contributed by atoms with Crippen molar-refractivity contribution in [2.45, 2.75) is 25.3 Å². The molecular weight excluding hydrogens is 360 g/mol. The van der Waals surface area contributed by atoms with E-state index in [9.17, 15) is 20.2 Å². The van der Waals surface area contributed by atoms with Gasteiger partial charge in [-0.15, -0.1) is 0 Å². The first-order valence-electron chi connectivity index (χ1n) is 9.06. The van der Waals surface area contributed by atoms with E-state index in [1.165, 1.54) is 12.1 Å². The molecule has 0 spiro atoms. The fraction of sp³-hybridized carbons (Fsp3) is 0.250. The molecule has 0 bridgehead atoms. The van der Waals surface area contributed by atoms with Gasteiger partial charge in [0.05, 0.1) is 21.6 Å². The minimum Gasteiger partial charge on any atom is -0.302 e. The van der Waals surface area contributed by atoms with Gasteiger partial charge in [-0.1, -0.05) is 24.3 Å². The SMILES string of the molecule is O=[N+]([O-])c1cccc(/C=C2\CCC[C@@H]3C2=NN[C@@H]3c2cccc([N+](=O)[O-])c2)c1. The molecule has 0 aromatic heterocycles. The number of hydrogen-bond acceptors (Lipinski definition) is 6. The molecular formula is C20H18N4O4. The Bertz CT molecular complexity index is 1010. The Morgan fingerprint density at radius 2 is 1.75 bits per heavy atom.